The van der Waals surface area contributed by atoms with E-state index in [0.29, 0.717) is 5.56 Å². The second-order valence-corrected chi connectivity index (χ2v) is 4.98. The molecule has 0 radical (unpaired) electrons. The maximum Gasteiger partial charge on any atom is 0.204 e. The summed E-state index contributed by atoms with van der Waals surface area (Å²) in [5.74, 6) is 0.838. The summed E-state index contributed by atoms with van der Waals surface area (Å²) in [5, 5.41) is 0. The van der Waals surface area contributed by atoms with Crippen molar-refractivity contribution in [2.45, 2.75) is 18.9 Å². The average molecular weight is 264 g/mol. The lowest BCUT2D eigenvalue weighted by atomic mass is 9.90. The van der Waals surface area contributed by atoms with Gasteiger partial charge in [0.05, 0.1) is 11.7 Å². The molecule has 0 saturated heterocycles. The summed E-state index contributed by atoms with van der Waals surface area (Å²) in [4.78, 5) is 12.6. The van der Waals surface area contributed by atoms with Gasteiger partial charge in [-0.2, -0.15) is 0 Å². The third-order valence-corrected chi connectivity index (χ3v) is 3.55. The number of benzene rings is 2. The van der Waals surface area contributed by atoms with Crippen molar-refractivity contribution in [2.75, 3.05) is 0 Å². The van der Waals surface area contributed by atoms with Crippen LogP contribution in [0.3, 0.4) is 0 Å². The minimum absolute atomic E-state index is 0.0103. The summed E-state index contributed by atoms with van der Waals surface area (Å²) in [6, 6.07) is 19.3. The first-order valence-electron chi connectivity index (χ1n) is 6.75. The number of rotatable bonds is 3. The van der Waals surface area contributed by atoms with Gasteiger partial charge in [0.25, 0.3) is 0 Å². The van der Waals surface area contributed by atoms with Gasteiger partial charge in [-0.25, -0.2) is 0 Å². The van der Waals surface area contributed by atoms with E-state index >= 15 is 0 Å². The van der Waals surface area contributed by atoms with Gasteiger partial charge in [-0.3, -0.25) is 4.79 Å². The summed E-state index contributed by atoms with van der Waals surface area (Å²) in [7, 11) is 0. The molecule has 2 heteroatoms. The second kappa shape index (κ2) is 5.33. The largest absolute Gasteiger partial charge is 0.486 e. The minimum Gasteiger partial charge on any atom is -0.486 e. The molecule has 2 atom stereocenters. The van der Waals surface area contributed by atoms with Gasteiger partial charge in [0.1, 0.15) is 0 Å². The monoisotopic (exact) mass is 264 g/mol. The fourth-order valence-corrected chi connectivity index (χ4v) is 2.58. The van der Waals surface area contributed by atoms with Gasteiger partial charge < -0.3 is 4.74 Å². The number of hydrogen-bond donors (Lipinski definition) is 0. The molecule has 0 bridgehead atoms. The number of hydrogen-bond acceptors (Lipinski definition) is 2. The highest BCUT2D eigenvalue weighted by Crippen LogP contribution is 2.33. The molecule has 1 heterocycles. The minimum atomic E-state index is -0.459. The van der Waals surface area contributed by atoms with Crippen molar-refractivity contribution < 1.29 is 9.53 Å². The lowest BCUT2D eigenvalue weighted by Gasteiger charge is -2.18. The number of carbonyl (C=O) groups is 1. The van der Waals surface area contributed by atoms with Crippen molar-refractivity contribution in [3.8, 4) is 0 Å². The van der Waals surface area contributed by atoms with Gasteiger partial charge in [0.2, 0.25) is 5.78 Å². The van der Waals surface area contributed by atoms with E-state index in [1.807, 2.05) is 73.7 Å². The summed E-state index contributed by atoms with van der Waals surface area (Å²) >= 11 is 0. The van der Waals surface area contributed by atoms with Crippen LogP contribution >= 0.6 is 0 Å². The topological polar surface area (TPSA) is 26.3 Å². The van der Waals surface area contributed by atoms with Crippen LogP contribution in [0.15, 0.2) is 72.5 Å². The third-order valence-electron chi connectivity index (χ3n) is 3.55. The standard InChI is InChI=1S/C18H16O2/c1-13-12-16(14-8-4-2-5-9-14)18(20-13)17(19)15-10-6-3-7-11-15/h2-12,16,18H,1H3/t16-,18+/m0/s1. The molecule has 0 unspecified atom stereocenters. The predicted octanol–water partition coefficient (Wildman–Crippen LogP) is 3.96. The van der Waals surface area contributed by atoms with E-state index in [4.69, 9.17) is 4.74 Å². The van der Waals surface area contributed by atoms with E-state index in [-0.39, 0.29) is 11.7 Å². The molecule has 0 N–H and O–H groups in total. The predicted molar refractivity (Wildman–Crippen MR) is 78.6 cm³/mol. The van der Waals surface area contributed by atoms with E-state index in [2.05, 4.69) is 0 Å². The van der Waals surface area contributed by atoms with Gasteiger partial charge in [-0.1, -0.05) is 60.7 Å². The Kier molecular flexibility index (Phi) is 3.38. The van der Waals surface area contributed by atoms with Crippen molar-refractivity contribution >= 4 is 5.78 Å². The van der Waals surface area contributed by atoms with Crippen LogP contribution < -0.4 is 0 Å². The van der Waals surface area contributed by atoms with Gasteiger partial charge in [0, 0.05) is 5.56 Å². The summed E-state index contributed by atoms with van der Waals surface area (Å²) in [6.45, 7) is 1.90. The summed E-state index contributed by atoms with van der Waals surface area (Å²) in [6.07, 6.45) is 1.57. The Morgan fingerprint density at radius 3 is 2.20 bits per heavy atom. The maximum absolute atomic E-state index is 12.6. The van der Waals surface area contributed by atoms with Crippen LogP contribution in [0.2, 0.25) is 0 Å². The van der Waals surface area contributed by atoms with Gasteiger partial charge in [-0.05, 0) is 18.6 Å². The molecular formula is C18H16O2. The number of allylic oxidation sites excluding steroid dienone is 1. The zero-order valence-corrected chi connectivity index (χ0v) is 11.3. The fourth-order valence-electron chi connectivity index (χ4n) is 2.58. The Morgan fingerprint density at radius 2 is 1.55 bits per heavy atom. The van der Waals surface area contributed by atoms with Gasteiger partial charge in [-0.15, -0.1) is 0 Å². The highest BCUT2D eigenvalue weighted by Gasteiger charge is 2.35. The lowest BCUT2D eigenvalue weighted by molar-refractivity contribution is 0.0683. The smallest absolute Gasteiger partial charge is 0.204 e. The van der Waals surface area contributed by atoms with E-state index in [1.165, 1.54) is 0 Å². The summed E-state index contributed by atoms with van der Waals surface area (Å²) in [5.41, 5.74) is 1.81. The Morgan fingerprint density at radius 1 is 0.950 bits per heavy atom. The van der Waals surface area contributed by atoms with E-state index < -0.39 is 6.10 Å². The quantitative estimate of drug-likeness (QED) is 0.784. The van der Waals surface area contributed by atoms with Crippen LogP contribution in [0.4, 0.5) is 0 Å². The van der Waals surface area contributed by atoms with Crippen LogP contribution in [0.25, 0.3) is 0 Å². The molecule has 2 nitrogen and oxygen atoms in total. The SMILES string of the molecule is CC1=C[C@@H](c2ccccc2)[C@H](C(=O)c2ccccc2)O1. The third kappa shape index (κ3) is 2.37. The number of carbonyl (C=O) groups excluding carboxylic acids is 1. The van der Waals surface area contributed by atoms with Crippen LogP contribution in [-0.2, 0) is 4.74 Å². The number of ketones is 1. The van der Waals surface area contributed by atoms with Crippen LogP contribution in [0.5, 0.6) is 0 Å². The molecule has 0 amide bonds. The Labute approximate surface area is 118 Å². The molecule has 1 aliphatic rings. The molecule has 0 fully saturated rings. The van der Waals surface area contributed by atoms with Crippen molar-refractivity contribution in [1.82, 2.24) is 0 Å². The van der Waals surface area contributed by atoms with E-state index in [0.717, 1.165) is 11.3 Å². The van der Waals surface area contributed by atoms with Crippen molar-refractivity contribution in [2.24, 2.45) is 0 Å². The molecule has 2 aromatic rings. The molecule has 1 aliphatic heterocycles. The molecular weight excluding hydrogens is 248 g/mol. The highest BCUT2D eigenvalue weighted by atomic mass is 16.5. The molecule has 2 aromatic carbocycles. The Balaban J connectivity index is 1.92. The van der Waals surface area contributed by atoms with E-state index in [9.17, 15) is 4.79 Å². The molecule has 0 spiro atoms. The zero-order chi connectivity index (χ0) is 13.9. The average Bonchev–Trinajstić information content (AvgIpc) is 2.90. The Bertz CT molecular complexity index is 629. The first kappa shape index (κ1) is 12.7. The van der Waals surface area contributed by atoms with Gasteiger partial charge in [0.15, 0.2) is 6.10 Å². The van der Waals surface area contributed by atoms with Crippen molar-refractivity contribution in [3.63, 3.8) is 0 Å². The molecule has 0 aromatic heterocycles. The molecule has 3 rings (SSSR count). The van der Waals surface area contributed by atoms with Crippen molar-refractivity contribution in [3.05, 3.63) is 83.6 Å². The number of Topliss-reactive ketones (excluding diaryl/α,β-unsaturated/α-hetero) is 1. The van der Waals surface area contributed by atoms with E-state index in [1.54, 1.807) is 0 Å². The van der Waals surface area contributed by atoms with Crippen LogP contribution in [-0.4, -0.2) is 11.9 Å². The van der Waals surface area contributed by atoms with Crippen molar-refractivity contribution in [1.29, 1.82) is 0 Å². The van der Waals surface area contributed by atoms with Gasteiger partial charge >= 0.3 is 0 Å². The molecule has 0 saturated carbocycles. The lowest BCUT2D eigenvalue weighted by Crippen LogP contribution is -2.26. The molecule has 100 valence electrons. The highest BCUT2D eigenvalue weighted by molar-refractivity contribution is 6.00. The molecule has 20 heavy (non-hydrogen) atoms. The fraction of sp³-hybridized carbons (Fsp3) is 0.167. The van der Waals surface area contributed by atoms with Crippen LogP contribution in [0, 0.1) is 0 Å². The van der Waals surface area contributed by atoms with Crippen LogP contribution in [0.1, 0.15) is 28.8 Å². The maximum atomic E-state index is 12.6. The number of ether oxygens (including phenoxy) is 1. The zero-order valence-electron chi connectivity index (χ0n) is 11.3. The first-order chi connectivity index (χ1) is 9.75. The normalized spacial score (nSPS) is 21.1. The molecule has 0 aliphatic carbocycles. The first-order valence-corrected chi connectivity index (χ1v) is 6.75. The summed E-state index contributed by atoms with van der Waals surface area (Å²) < 4.78 is 5.76. The Hall–Kier alpha value is -2.35. The second-order valence-electron chi connectivity index (χ2n) is 4.98.